The maximum absolute atomic E-state index is 13.0. The molecule has 1 aromatic carbocycles. The number of aliphatic hydroxyl groups excluding tert-OH is 1. The van der Waals surface area contributed by atoms with E-state index in [0.29, 0.717) is 12.1 Å². The van der Waals surface area contributed by atoms with Gasteiger partial charge in [-0.25, -0.2) is 4.39 Å². The molecule has 1 atom stereocenters. The van der Waals surface area contributed by atoms with Crippen LogP contribution in [0.3, 0.4) is 0 Å². The van der Waals surface area contributed by atoms with Crippen LogP contribution < -0.4 is 5.32 Å². The van der Waals surface area contributed by atoms with Crippen molar-refractivity contribution in [2.24, 2.45) is 0 Å². The third-order valence-corrected chi connectivity index (χ3v) is 2.09. The summed E-state index contributed by atoms with van der Waals surface area (Å²) in [6.45, 7) is 1.31. The van der Waals surface area contributed by atoms with Crippen molar-refractivity contribution in [3.05, 3.63) is 35.1 Å². The van der Waals surface area contributed by atoms with Crippen molar-refractivity contribution in [1.29, 1.82) is 0 Å². The lowest BCUT2D eigenvalue weighted by Gasteiger charge is -2.11. The average Bonchev–Trinajstić information content (AvgIpc) is 2.24. The van der Waals surface area contributed by atoms with Crippen LogP contribution >= 0.6 is 0 Å². The molecule has 3 nitrogen and oxygen atoms in total. The van der Waals surface area contributed by atoms with E-state index in [1.54, 1.807) is 0 Å². The molecule has 18 heavy (non-hydrogen) atoms. The average molecular weight is 265 g/mol. The van der Waals surface area contributed by atoms with Crippen molar-refractivity contribution in [2.75, 3.05) is 6.54 Å². The summed E-state index contributed by atoms with van der Waals surface area (Å²) >= 11 is 0. The number of carbonyl (C=O) groups is 1. The fourth-order valence-electron chi connectivity index (χ4n) is 1.23. The van der Waals surface area contributed by atoms with E-state index in [-0.39, 0.29) is 12.1 Å². The van der Waals surface area contributed by atoms with Gasteiger partial charge in [0.25, 0.3) is 5.91 Å². The van der Waals surface area contributed by atoms with E-state index in [0.717, 1.165) is 6.07 Å². The van der Waals surface area contributed by atoms with Gasteiger partial charge < -0.3 is 10.4 Å². The Morgan fingerprint density at radius 2 is 2.06 bits per heavy atom. The van der Waals surface area contributed by atoms with Gasteiger partial charge in [0.05, 0.1) is 11.7 Å². The van der Waals surface area contributed by atoms with Crippen LogP contribution in [0.25, 0.3) is 0 Å². The van der Waals surface area contributed by atoms with Crippen LogP contribution in [-0.4, -0.2) is 23.7 Å². The predicted molar refractivity (Wildman–Crippen MR) is 55.4 cm³/mol. The zero-order chi connectivity index (χ0) is 13.9. The van der Waals surface area contributed by atoms with Gasteiger partial charge in [-0.2, -0.15) is 13.2 Å². The van der Waals surface area contributed by atoms with Crippen LogP contribution in [0.5, 0.6) is 0 Å². The molecule has 7 heteroatoms. The van der Waals surface area contributed by atoms with Crippen molar-refractivity contribution in [3.63, 3.8) is 0 Å². The number of nitrogens with one attached hydrogen (secondary N) is 1. The Bertz CT molecular complexity index is 443. The van der Waals surface area contributed by atoms with Gasteiger partial charge in [0.2, 0.25) is 0 Å². The van der Waals surface area contributed by atoms with Gasteiger partial charge in [-0.05, 0) is 25.1 Å². The molecule has 0 aromatic heterocycles. The standard InChI is InChI=1S/C11H11F4NO2/c1-6(17)5-16-10(18)7-2-3-9(12)8(4-7)11(13,14)15/h2-4,6,17H,5H2,1H3,(H,16,18). The summed E-state index contributed by atoms with van der Waals surface area (Å²) in [5, 5.41) is 11.1. The second kappa shape index (κ2) is 5.34. The minimum absolute atomic E-state index is 0.0996. The molecule has 0 aliphatic rings. The van der Waals surface area contributed by atoms with Crippen molar-refractivity contribution < 1.29 is 27.5 Å². The molecule has 1 aromatic rings. The minimum Gasteiger partial charge on any atom is -0.392 e. The van der Waals surface area contributed by atoms with Crippen LogP contribution in [0.1, 0.15) is 22.8 Å². The van der Waals surface area contributed by atoms with E-state index in [4.69, 9.17) is 5.11 Å². The fraction of sp³-hybridized carbons (Fsp3) is 0.364. The third-order valence-electron chi connectivity index (χ3n) is 2.09. The summed E-state index contributed by atoms with van der Waals surface area (Å²) < 4.78 is 50.1. The number of alkyl halides is 3. The molecule has 0 saturated carbocycles. The molecule has 0 fully saturated rings. The van der Waals surface area contributed by atoms with E-state index < -0.39 is 29.6 Å². The normalized spacial score (nSPS) is 13.2. The van der Waals surface area contributed by atoms with Gasteiger partial charge in [0, 0.05) is 12.1 Å². The van der Waals surface area contributed by atoms with Gasteiger partial charge in [-0.15, -0.1) is 0 Å². The molecular weight excluding hydrogens is 254 g/mol. The molecule has 0 saturated heterocycles. The molecule has 2 N–H and O–H groups in total. The Morgan fingerprint density at radius 1 is 1.44 bits per heavy atom. The van der Waals surface area contributed by atoms with E-state index in [1.807, 2.05) is 0 Å². The molecule has 1 rings (SSSR count). The van der Waals surface area contributed by atoms with Gasteiger partial charge in [-0.3, -0.25) is 4.79 Å². The number of hydrogen-bond acceptors (Lipinski definition) is 2. The van der Waals surface area contributed by atoms with Gasteiger partial charge in [0.15, 0.2) is 0 Å². The minimum atomic E-state index is -4.86. The number of benzene rings is 1. The highest BCUT2D eigenvalue weighted by Gasteiger charge is 2.34. The lowest BCUT2D eigenvalue weighted by molar-refractivity contribution is -0.140. The van der Waals surface area contributed by atoms with Crippen molar-refractivity contribution >= 4 is 5.91 Å². The Kier molecular flexibility index (Phi) is 4.28. The van der Waals surface area contributed by atoms with E-state index in [1.165, 1.54) is 6.92 Å². The molecule has 0 aliphatic carbocycles. The zero-order valence-electron chi connectivity index (χ0n) is 9.38. The summed E-state index contributed by atoms with van der Waals surface area (Å²) in [6.07, 6.45) is -5.68. The first-order valence-electron chi connectivity index (χ1n) is 5.05. The van der Waals surface area contributed by atoms with Crippen LogP contribution in [0.2, 0.25) is 0 Å². The number of amides is 1. The van der Waals surface area contributed by atoms with Crippen molar-refractivity contribution in [3.8, 4) is 0 Å². The molecule has 0 spiro atoms. The van der Waals surface area contributed by atoms with Crippen LogP contribution in [0.4, 0.5) is 17.6 Å². The maximum Gasteiger partial charge on any atom is 0.419 e. The summed E-state index contributed by atoms with van der Waals surface area (Å²) in [5.74, 6) is -2.24. The van der Waals surface area contributed by atoms with Crippen molar-refractivity contribution in [2.45, 2.75) is 19.2 Å². The number of rotatable bonds is 3. The summed E-state index contributed by atoms with van der Waals surface area (Å²) in [7, 11) is 0. The fourth-order valence-corrected chi connectivity index (χ4v) is 1.23. The number of carbonyl (C=O) groups excluding carboxylic acids is 1. The predicted octanol–water partition coefficient (Wildman–Crippen LogP) is 1.96. The monoisotopic (exact) mass is 265 g/mol. The van der Waals surface area contributed by atoms with Crippen molar-refractivity contribution in [1.82, 2.24) is 5.32 Å². The highest BCUT2D eigenvalue weighted by atomic mass is 19.4. The number of aliphatic hydroxyl groups is 1. The van der Waals surface area contributed by atoms with E-state index in [9.17, 15) is 22.4 Å². The van der Waals surface area contributed by atoms with Gasteiger partial charge in [-0.1, -0.05) is 0 Å². The Balaban J connectivity index is 2.95. The van der Waals surface area contributed by atoms with E-state index in [2.05, 4.69) is 5.32 Å². The lowest BCUT2D eigenvalue weighted by atomic mass is 10.1. The highest BCUT2D eigenvalue weighted by Crippen LogP contribution is 2.31. The first-order chi connectivity index (χ1) is 8.21. The Labute approximate surface area is 100 Å². The molecule has 0 heterocycles. The van der Waals surface area contributed by atoms with Crippen LogP contribution in [0, 0.1) is 5.82 Å². The number of hydrogen-bond donors (Lipinski definition) is 2. The van der Waals surface area contributed by atoms with Crippen LogP contribution in [0.15, 0.2) is 18.2 Å². The zero-order valence-corrected chi connectivity index (χ0v) is 9.38. The second-order valence-electron chi connectivity index (χ2n) is 3.75. The SMILES string of the molecule is CC(O)CNC(=O)c1ccc(F)c(C(F)(F)F)c1. The Hall–Kier alpha value is -1.63. The van der Waals surface area contributed by atoms with Gasteiger partial charge >= 0.3 is 6.18 Å². The lowest BCUT2D eigenvalue weighted by Crippen LogP contribution is -2.30. The molecule has 0 radical (unpaired) electrons. The molecular formula is C11H11F4NO2. The Morgan fingerprint density at radius 3 is 2.56 bits per heavy atom. The first kappa shape index (κ1) is 14.4. The quantitative estimate of drug-likeness (QED) is 0.821. The summed E-state index contributed by atoms with van der Waals surface area (Å²) in [6, 6.07) is 1.97. The third kappa shape index (κ3) is 3.69. The second-order valence-corrected chi connectivity index (χ2v) is 3.75. The topological polar surface area (TPSA) is 49.3 Å². The molecule has 1 amide bonds. The summed E-state index contributed by atoms with van der Waals surface area (Å²) in [4.78, 5) is 11.4. The number of halogens is 4. The molecule has 0 bridgehead atoms. The smallest absolute Gasteiger partial charge is 0.392 e. The maximum atomic E-state index is 13.0. The van der Waals surface area contributed by atoms with E-state index >= 15 is 0 Å². The summed E-state index contributed by atoms with van der Waals surface area (Å²) in [5.41, 5.74) is -1.81. The molecule has 1 unspecified atom stereocenters. The molecule has 0 aliphatic heterocycles. The van der Waals surface area contributed by atoms with Crippen LogP contribution in [-0.2, 0) is 6.18 Å². The first-order valence-corrected chi connectivity index (χ1v) is 5.05. The largest absolute Gasteiger partial charge is 0.419 e. The van der Waals surface area contributed by atoms with Gasteiger partial charge in [0.1, 0.15) is 5.82 Å². The highest BCUT2D eigenvalue weighted by molar-refractivity contribution is 5.94. The molecule has 100 valence electrons.